The summed E-state index contributed by atoms with van der Waals surface area (Å²) in [6, 6.07) is 0.257. The van der Waals surface area contributed by atoms with Gasteiger partial charge < -0.3 is 11.5 Å². The Morgan fingerprint density at radius 1 is 1.09 bits per heavy atom. The van der Waals surface area contributed by atoms with E-state index in [4.69, 9.17) is 11.5 Å². The Morgan fingerprint density at radius 2 is 1.64 bits per heavy atom. The van der Waals surface area contributed by atoms with E-state index in [-0.39, 0.29) is 6.04 Å². The zero-order chi connectivity index (χ0) is 8.10. The van der Waals surface area contributed by atoms with E-state index in [0.29, 0.717) is 12.5 Å². The van der Waals surface area contributed by atoms with Crippen LogP contribution in [0, 0.1) is 5.92 Å². The van der Waals surface area contributed by atoms with Crippen molar-refractivity contribution >= 4 is 0 Å². The molecule has 0 amide bonds. The highest BCUT2D eigenvalue weighted by molar-refractivity contribution is 4.75. The molecule has 0 aliphatic heterocycles. The van der Waals surface area contributed by atoms with Crippen molar-refractivity contribution in [2.75, 3.05) is 6.54 Å². The highest BCUT2D eigenvalue weighted by Gasteiger charge is 2.17. The van der Waals surface area contributed by atoms with Gasteiger partial charge in [-0.2, -0.15) is 0 Å². The quantitative estimate of drug-likeness (QED) is 0.591. The van der Waals surface area contributed by atoms with Gasteiger partial charge in [0.1, 0.15) is 0 Å². The first-order valence-corrected chi connectivity index (χ1v) is 4.80. The van der Waals surface area contributed by atoms with Gasteiger partial charge in [-0.05, 0) is 18.8 Å². The van der Waals surface area contributed by atoms with Crippen molar-refractivity contribution in [3.05, 3.63) is 0 Å². The van der Waals surface area contributed by atoms with Crippen LogP contribution in [-0.4, -0.2) is 12.6 Å². The molecule has 0 saturated heterocycles. The summed E-state index contributed by atoms with van der Waals surface area (Å²) in [4.78, 5) is 0. The summed E-state index contributed by atoms with van der Waals surface area (Å²) >= 11 is 0. The smallest absolute Gasteiger partial charge is 0.0191 e. The monoisotopic (exact) mass is 156 g/mol. The molecule has 1 atom stereocenters. The lowest BCUT2D eigenvalue weighted by molar-refractivity contribution is 0.379. The van der Waals surface area contributed by atoms with Crippen LogP contribution in [0.25, 0.3) is 0 Å². The average Bonchev–Trinajstić information content (AvgIpc) is 2.30. The van der Waals surface area contributed by atoms with Gasteiger partial charge in [-0.25, -0.2) is 0 Å². The summed E-state index contributed by atoms with van der Waals surface area (Å²) in [5.41, 5.74) is 11.4. The van der Waals surface area contributed by atoms with Crippen molar-refractivity contribution in [1.29, 1.82) is 0 Å². The lowest BCUT2D eigenvalue weighted by Gasteiger charge is -2.20. The summed E-state index contributed by atoms with van der Waals surface area (Å²) in [7, 11) is 0. The topological polar surface area (TPSA) is 52.0 Å². The molecule has 0 spiro atoms. The molecule has 1 rings (SSSR count). The van der Waals surface area contributed by atoms with E-state index in [2.05, 4.69) is 0 Å². The molecule has 1 aliphatic carbocycles. The molecule has 1 aliphatic rings. The first-order chi connectivity index (χ1) is 5.34. The molecule has 1 saturated carbocycles. The molecular weight excluding hydrogens is 136 g/mol. The molecule has 0 aromatic heterocycles. The van der Waals surface area contributed by atoms with E-state index in [0.717, 1.165) is 0 Å². The third-order valence-electron chi connectivity index (χ3n) is 2.78. The maximum Gasteiger partial charge on any atom is 0.0191 e. The molecule has 2 heteroatoms. The van der Waals surface area contributed by atoms with Gasteiger partial charge in [-0.3, -0.25) is 0 Å². The van der Waals surface area contributed by atoms with Gasteiger partial charge in [-0.15, -0.1) is 0 Å². The van der Waals surface area contributed by atoms with E-state index in [1.807, 2.05) is 0 Å². The Labute approximate surface area is 69.3 Å². The van der Waals surface area contributed by atoms with Gasteiger partial charge in [-0.1, -0.05) is 25.7 Å². The van der Waals surface area contributed by atoms with Gasteiger partial charge in [0.15, 0.2) is 0 Å². The summed E-state index contributed by atoms with van der Waals surface area (Å²) in [5, 5.41) is 0. The molecule has 11 heavy (non-hydrogen) atoms. The second-order valence-corrected chi connectivity index (χ2v) is 3.65. The molecule has 0 aromatic carbocycles. The normalized spacial score (nSPS) is 24.5. The van der Waals surface area contributed by atoms with Crippen LogP contribution in [0.4, 0.5) is 0 Å². The Hall–Kier alpha value is -0.0800. The minimum Gasteiger partial charge on any atom is -0.329 e. The molecule has 0 radical (unpaired) electrons. The number of rotatable bonds is 2. The second-order valence-electron chi connectivity index (χ2n) is 3.65. The van der Waals surface area contributed by atoms with Crippen LogP contribution < -0.4 is 11.5 Å². The lowest BCUT2D eigenvalue weighted by Crippen LogP contribution is -2.37. The summed E-state index contributed by atoms with van der Waals surface area (Å²) in [5.74, 6) is 0.711. The molecule has 0 heterocycles. The van der Waals surface area contributed by atoms with E-state index < -0.39 is 0 Å². The number of hydrogen-bond donors (Lipinski definition) is 2. The highest BCUT2D eigenvalue weighted by atomic mass is 14.7. The van der Waals surface area contributed by atoms with Crippen molar-refractivity contribution in [2.45, 2.75) is 44.6 Å². The minimum atomic E-state index is 0.257. The Kier molecular flexibility index (Phi) is 3.87. The standard InChI is InChI=1S/C9H20N2/c10-7-9(11)8-5-3-1-2-4-6-8/h8-9H,1-7,10-11H2. The van der Waals surface area contributed by atoms with Crippen molar-refractivity contribution in [2.24, 2.45) is 17.4 Å². The highest BCUT2D eigenvalue weighted by Crippen LogP contribution is 2.24. The Balaban J connectivity index is 2.30. The van der Waals surface area contributed by atoms with Crippen LogP contribution in [0.15, 0.2) is 0 Å². The van der Waals surface area contributed by atoms with Gasteiger partial charge in [0.25, 0.3) is 0 Å². The van der Waals surface area contributed by atoms with Crippen molar-refractivity contribution < 1.29 is 0 Å². The largest absolute Gasteiger partial charge is 0.329 e. The van der Waals surface area contributed by atoms with E-state index >= 15 is 0 Å². The van der Waals surface area contributed by atoms with Gasteiger partial charge in [0.05, 0.1) is 0 Å². The van der Waals surface area contributed by atoms with E-state index in [9.17, 15) is 0 Å². The Morgan fingerprint density at radius 3 is 2.09 bits per heavy atom. The van der Waals surface area contributed by atoms with Gasteiger partial charge in [0, 0.05) is 12.6 Å². The maximum atomic E-state index is 5.89. The minimum absolute atomic E-state index is 0.257. The van der Waals surface area contributed by atoms with Crippen LogP contribution in [0.5, 0.6) is 0 Å². The van der Waals surface area contributed by atoms with E-state index in [1.54, 1.807) is 0 Å². The van der Waals surface area contributed by atoms with Crippen LogP contribution >= 0.6 is 0 Å². The van der Waals surface area contributed by atoms with Crippen LogP contribution in [0.1, 0.15) is 38.5 Å². The third-order valence-corrected chi connectivity index (χ3v) is 2.78. The average molecular weight is 156 g/mol. The Bertz CT molecular complexity index is 95.7. The first kappa shape index (κ1) is 9.01. The fraction of sp³-hybridized carbons (Fsp3) is 1.00. The van der Waals surface area contributed by atoms with Crippen LogP contribution in [0.2, 0.25) is 0 Å². The predicted molar refractivity (Wildman–Crippen MR) is 48.2 cm³/mol. The molecular formula is C9H20N2. The second kappa shape index (κ2) is 4.73. The van der Waals surface area contributed by atoms with Gasteiger partial charge >= 0.3 is 0 Å². The zero-order valence-corrected chi connectivity index (χ0v) is 7.26. The molecule has 66 valence electrons. The van der Waals surface area contributed by atoms with Gasteiger partial charge in [0.2, 0.25) is 0 Å². The zero-order valence-electron chi connectivity index (χ0n) is 7.26. The first-order valence-electron chi connectivity index (χ1n) is 4.80. The SMILES string of the molecule is NCC(N)C1CCCCCC1. The van der Waals surface area contributed by atoms with Crippen molar-refractivity contribution in [3.63, 3.8) is 0 Å². The fourth-order valence-electron chi connectivity index (χ4n) is 1.93. The molecule has 1 unspecified atom stereocenters. The molecule has 0 aromatic rings. The van der Waals surface area contributed by atoms with Crippen LogP contribution in [-0.2, 0) is 0 Å². The van der Waals surface area contributed by atoms with Crippen molar-refractivity contribution in [1.82, 2.24) is 0 Å². The number of hydrogen-bond acceptors (Lipinski definition) is 2. The molecule has 4 N–H and O–H groups in total. The summed E-state index contributed by atoms with van der Waals surface area (Å²) < 4.78 is 0. The summed E-state index contributed by atoms with van der Waals surface area (Å²) in [6.07, 6.45) is 8.12. The fourth-order valence-corrected chi connectivity index (χ4v) is 1.93. The molecule has 2 nitrogen and oxygen atoms in total. The number of nitrogens with two attached hydrogens (primary N) is 2. The van der Waals surface area contributed by atoms with Crippen LogP contribution in [0.3, 0.4) is 0 Å². The summed E-state index contributed by atoms with van der Waals surface area (Å²) in [6.45, 7) is 0.657. The lowest BCUT2D eigenvalue weighted by atomic mass is 9.93. The van der Waals surface area contributed by atoms with Crippen molar-refractivity contribution in [3.8, 4) is 0 Å². The predicted octanol–water partition coefficient (Wildman–Crippen LogP) is 1.24. The molecule has 1 fully saturated rings. The third kappa shape index (κ3) is 2.80. The van der Waals surface area contributed by atoms with E-state index in [1.165, 1.54) is 38.5 Å². The molecule has 0 bridgehead atoms. The maximum absolute atomic E-state index is 5.89.